The second-order valence-electron chi connectivity index (χ2n) is 9.44. The lowest BCUT2D eigenvalue weighted by Crippen LogP contribution is -2.47. The SMILES string of the molecule is CC12Cc3[nH]nc(C(=O)Nc4cnn([C@H](c5ccccc5)C5CNC5)c4)c3CC1C2(F)F. The highest BCUT2D eigenvalue weighted by atomic mass is 19.3. The Balaban J connectivity index is 1.22. The van der Waals surface area contributed by atoms with Crippen LogP contribution in [0.1, 0.15) is 40.3 Å². The van der Waals surface area contributed by atoms with Crippen LogP contribution < -0.4 is 10.6 Å². The maximum atomic E-state index is 14.2. The van der Waals surface area contributed by atoms with Gasteiger partial charge in [0, 0.05) is 54.2 Å². The van der Waals surface area contributed by atoms with Gasteiger partial charge in [-0.05, 0) is 12.0 Å². The molecule has 0 spiro atoms. The molecule has 1 amide bonds. The third-order valence-electron chi connectivity index (χ3n) is 7.55. The van der Waals surface area contributed by atoms with Gasteiger partial charge in [-0.15, -0.1) is 0 Å². The van der Waals surface area contributed by atoms with E-state index in [1.165, 1.54) is 0 Å². The number of aromatic nitrogens is 4. The van der Waals surface area contributed by atoms with Crippen LogP contribution >= 0.6 is 0 Å². The lowest BCUT2D eigenvalue weighted by Gasteiger charge is -2.35. The summed E-state index contributed by atoms with van der Waals surface area (Å²) in [7, 11) is 0. The quantitative estimate of drug-likeness (QED) is 0.572. The van der Waals surface area contributed by atoms with Crippen LogP contribution in [0.3, 0.4) is 0 Å². The van der Waals surface area contributed by atoms with E-state index in [1.807, 2.05) is 29.1 Å². The molecule has 1 aromatic carbocycles. The summed E-state index contributed by atoms with van der Waals surface area (Å²) < 4.78 is 30.2. The van der Waals surface area contributed by atoms with Crippen molar-refractivity contribution in [3.05, 3.63) is 65.2 Å². The van der Waals surface area contributed by atoms with Crippen molar-refractivity contribution < 1.29 is 13.6 Å². The van der Waals surface area contributed by atoms with Crippen molar-refractivity contribution in [3.8, 4) is 0 Å². The standard InChI is InChI=1S/C23H24F2N6O/c1-22-8-17-16(7-18(22)23(22,24)25)19(30-29-17)21(32)28-15-11-27-31(12-15)20(14-9-26-10-14)13-5-3-2-4-6-13/h2-6,11-12,14,18,20,26H,7-10H2,1H3,(H,28,32)(H,29,30)/t18?,20-,22?/m1/s1. The van der Waals surface area contributed by atoms with Crippen LogP contribution in [0.2, 0.25) is 0 Å². The van der Waals surface area contributed by atoms with Gasteiger partial charge in [0.2, 0.25) is 0 Å². The minimum atomic E-state index is -2.69. The highest BCUT2D eigenvalue weighted by Crippen LogP contribution is 2.70. The summed E-state index contributed by atoms with van der Waals surface area (Å²) in [6.45, 7) is 3.42. The van der Waals surface area contributed by atoms with E-state index in [0.717, 1.165) is 18.7 Å². The first-order valence-electron chi connectivity index (χ1n) is 10.9. The van der Waals surface area contributed by atoms with Crippen molar-refractivity contribution in [3.63, 3.8) is 0 Å². The number of aromatic amines is 1. The van der Waals surface area contributed by atoms with Crippen LogP contribution in [0.15, 0.2) is 42.7 Å². The average molecular weight is 438 g/mol. The molecule has 1 saturated heterocycles. The average Bonchev–Trinajstić information content (AvgIpc) is 3.17. The zero-order valence-electron chi connectivity index (χ0n) is 17.6. The Morgan fingerprint density at radius 1 is 1.28 bits per heavy atom. The predicted octanol–water partition coefficient (Wildman–Crippen LogP) is 3.04. The Labute approximate surface area is 183 Å². The fourth-order valence-electron chi connectivity index (χ4n) is 5.37. The molecule has 3 aromatic rings. The number of hydrogen-bond acceptors (Lipinski definition) is 4. The first-order chi connectivity index (χ1) is 15.4. The molecular formula is C23H24F2N6O. The van der Waals surface area contributed by atoms with Crippen molar-refractivity contribution >= 4 is 11.6 Å². The molecule has 6 rings (SSSR count). The second kappa shape index (κ2) is 6.71. The van der Waals surface area contributed by atoms with Gasteiger partial charge in [0.25, 0.3) is 11.8 Å². The summed E-state index contributed by atoms with van der Waals surface area (Å²) in [5.41, 5.74) is 2.14. The number of nitrogens with zero attached hydrogens (tertiary/aromatic N) is 3. The molecule has 0 radical (unpaired) electrons. The van der Waals surface area contributed by atoms with E-state index in [1.54, 1.807) is 13.1 Å². The Hall–Kier alpha value is -3.07. The molecule has 2 aliphatic carbocycles. The minimum absolute atomic E-state index is 0.0658. The Bertz CT molecular complexity index is 1180. The summed E-state index contributed by atoms with van der Waals surface area (Å²) in [4.78, 5) is 12.9. The number of hydrogen-bond donors (Lipinski definition) is 3. The molecule has 166 valence electrons. The molecule has 2 aromatic heterocycles. The fourth-order valence-corrected chi connectivity index (χ4v) is 5.37. The number of nitrogens with one attached hydrogen (secondary N) is 3. The van der Waals surface area contributed by atoms with E-state index >= 15 is 0 Å². The molecule has 3 atom stereocenters. The normalized spacial score (nSPS) is 26.5. The lowest BCUT2D eigenvalue weighted by molar-refractivity contribution is 0.0631. The van der Waals surface area contributed by atoms with Crippen molar-refractivity contribution in [2.75, 3.05) is 18.4 Å². The minimum Gasteiger partial charge on any atom is -0.318 e. The van der Waals surface area contributed by atoms with Crippen LogP contribution in [-0.4, -0.2) is 44.9 Å². The number of amides is 1. The third-order valence-corrected chi connectivity index (χ3v) is 7.55. The molecular weight excluding hydrogens is 414 g/mol. The number of carbonyl (C=O) groups is 1. The Kier molecular flexibility index (Phi) is 4.11. The second-order valence-corrected chi connectivity index (χ2v) is 9.44. The summed E-state index contributed by atoms with van der Waals surface area (Å²) in [5.74, 6) is -3.41. The molecule has 9 heteroatoms. The van der Waals surface area contributed by atoms with E-state index in [4.69, 9.17) is 0 Å². The van der Waals surface area contributed by atoms with Crippen molar-refractivity contribution in [2.24, 2.45) is 17.3 Å². The summed E-state index contributed by atoms with van der Waals surface area (Å²) in [6.07, 6.45) is 3.82. The van der Waals surface area contributed by atoms with Crippen molar-refractivity contribution in [1.82, 2.24) is 25.3 Å². The van der Waals surface area contributed by atoms with E-state index in [2.05, 4.69) is 38.1 Å². The van der Waals surface area contributed by atoms with Gasteiger partial charge in [0.1, 0.15) is 0 Å². The molecule has 2 unspecified atom stereocenters. The van der Waals surface area contributed by atoms with Crippen LogP contribution in [0.25, 0.3) is 0 Å². The van der Waals surface area contributed by atoms with Gasteiger partial charge in [-0.25, -0.2) is 8.78 Å². The monoisotopic (exact) mass is 438 g/mol. The van der Waals surface area contributed by atoms with E-state index < -0.39 is 23.2 Å². The van der Waals surface area contributed by atoms with E-state index in [0.29, 0.717) is 22.9 Å². The number of H-pyrrole nitrogens is 1. The molecule has 3 aliphatic rings. The van der Waals surface area contributed by atoms with Crippen LogP contribution in [0.4, 0.5) is 14.5 Å². The maximum absolute atomic E-state index is 14.2. The first-order valence-corrected chi connectivity index (χ1v) is 10.9. The van der Waals surface area contributed by atoms with Gasteiger partial charge in [-0.2, -0.15) is 10.2 Å². The zero-order valence-corrected chi connectivity index (χ0v) is 17.6. The number of rotatable bonds is 5. The third kappa shape index (κ3) is 2.76. The van der Waals surface area contributed by atoms with Gasteiger partial charge in [-0.3, -0.25) is 14.6 Å². The smallest absolute Gasteiger partial charge is 0.276 e. The number of halogens is 2. The Morgan fingerprint density at radius 3 is 2.78 bits per heavy atom. The lowest BCUT2D eigenvalue weighted by atomic mass is 9.87. The van der Waals surface area contributed by atoms with E-state index in [9.17, 15) is 13.6 Å². The highest BCUT2D eigenvalue weighted by molar-refractivity contribution is 6.04. The molecule has 7 nitrogen and oxygen atoms in total. The molecule has 32 heavy (non-hydrogen) atoms. The van der Waals surface area contributed by atoms with E-state index in [-0.39, 0.29) is 24.6 Å². The molecule has 0 bridgehead atoms. The number of alkyl halides is 2. The predicted molar refractivity (Wildman–Crippen MR) is 114 cm³/mol. The van der Waals surface area contributed by atoms with Crippen LogP contribution in [0, 0.1) is 17.3 Å². The highest BCUT2D eigenvalue weighted by Gasteiger charge is 2.78. The zero-order chi connectivity index (χ0) is 22.1. The topological polar surface area (TPSA) is 87.6 Å². The number of fused-ring (bicyclic) bond motifs is 2. The summed E-state index contributed by atoms with van der Waals surface area (Å²) in [5, 5.41) is 17.6. The van der Waals surface area contributed by atoms with Crippen LogP contribution in [-0.2, 0) is 12.8 Å². The van der Waals surface area contributed by atoms with Gasteiger partial charge in [-0.1, -0.05) is 37.3 Å². The number of carbonyl (C=O) groups excluding carboxylic acids is 1. The number of anilines is 1. The van der Waals surface area contributed by atoms with Gasteiger partial charge >= 0.3 is 0 Å². The molecule has 3 N–H and O–H groups in total. The van der Waals surface area contributed by atoms with Gasteiger partial charge in [0.05, 0.1) is 17.9 Å². The van der Waals surface area contributed by atoms with Crippen LogP contribution in [0.5, 0.6) is 0 Å². The van der Waals surface area contributed by atoms with Crippen molar-refractivity contribution in [2.45, 2.75) is 31.7 Å². The Morgan fingerprint density at radius 2 is 2.06 bits per heavy atom. The molecule has 1 aliphatic heterocycles. The first kappa shape index (κ1) is 19.6. The van der Waals surface area contributed by atoms with Gasteiger partial charge < -0.3 is 10.6 Å². The molecule has 1 saturated carbocycles. The maximum Gasteiger partial charge on any atom is 0.276 e. The molecule has 3 heterocycles. The summed E-state index contributed by atoms with van der Waals surface area (Å²) >= 11 is 0. The number of benzene rings is 1. The molecule has 2 fully saturated rings. The van der Waals surface area contributed by atoms with Gasteiger partial charge in [0.15, 0.2) is 5.69 Å². The van der Waals surface area contributed by atoms with Crippen molar-refractivity contribution in [1.29, 1.82) is 0 Å². The fraction of sp³-hybridized carbons (Fsp3) is 0.435. The largest absolute Gasteiger partial charge is 0.318 e. The summed E-state index contributed by atoms with van der Waals surface area (Å²) in [6, 6.07) is 10.2.